The first-order valence-corrected chi connectivity index (χ1v) is 7.24. The zero-order valence-electron chi connectivity index (χ0n) is 12.9. The molecule has 2 atom stereocenters. The second kappa shape index (κ2) is 6.20. The molecule has 1 aromatic rings. The fourth-order valence-electron chi connectivity index (χ4n) is 2.53. The van der Waals surface area contributed by atoms with Crippen molar-refractivity contribution in [3.63, 3.8) is 0 Å². The summed E-state index contributed by atoms with van der Waals surface area (Å²) in [7, 11) is 1.77. The van der Waals surface area contributed by atoms with Crippen LogP contribution in [0.5, 0.6) is 0 Å². The molecule has 0 aliphatic carbocycles. The Morgan fingerprint density at radius 1 is 1.45 bits per heavy atom. The van der Waals surface area contributed by atoms with E-state index in [0.29, 0.717) is 31.1 Å². The molecule has 1 saturated heterocycles. The van der Waals surface area contributed by atoms with Crippen molar-refractivity contribution in [2.24, 2.45) is 5.73 Å². The summed E-state index contributed by atoms with van der Waals surface area (Å²) < 4.78 is 10.8. The van der Waals surface area contributed by atoms with Gasteiger partial charge in [-0.3, -0.25) is 4.90 Å². The maximum absolute atomic E-state index is 5.87. The van der Waals surface area contributed by atoms with Crippen molar-refractivity contribution in [3.05, 3.63) is 11.7 Å². The lowest BCUT2D eigenvalue weighted by atomic mass is 9.96. The molecule has 6 nitrogen and oxygen atoms in total. The van der Waals surface area contributed by atoms with Gasteiger partial charge >= 0.3 is 0 Å². The lowest BCUT2D eigenvalue weighted by molar-refractivity contribution is 0.00676. The van der Waals surface area contributed by atoms with Gasteiger partial charge in [0.25, 0.3) is 0 Å². The van der Waals surface area contributed by atoms with Crippen LogP contribution in [-0.2, 0) is 16.7 Å². The van der Waals surface area contributed by atoms with E-state index in [2.05, 4.69) is 35.8 Å². The number of piperidine rings is 1. The average Bonchev–Trinajstić information content (AvgIpc) is 2.87. The highest BCUT2D eigenvalue weighted by Crippen LogP contribution is 2.22. The van der Waals surface area contributed by atoms with Crippen molar-refractivity contribution < 1.29 is 9.26 Å². The summed E-state index contributed by atoms with van der Waals surface area (Å²) in [6.45, 7) is 8.48. The van der Waals surface area contributed by atoms with E-state index in [9.17, 15) is 0 Å². The van der Waals surface area contributed by atoms with E-state index in [-0.39, 0.29) is 5.41 Å². The number of nitrogens with zero attached hydrogens (tertiary/aromatic N) is 3. The minimum Gasteiger partial charge on any atom is -0.381 e. The number of hydrogen-bond donors (Lipinski definition) is 1. The van der Waals surface area contributed by atoms with Crippen LogP contribution in [0.1, 0.15) is 45.3 Å². The minimum absolute atomic E-state index is 0.0853. The number of rotatable bonds is 4. The summed E-state index contributed by atoms with van der Waals surface area (Å²) in [5.41, 5.74) is 5.79. The predicted octanol–water partition coefficient (Wildman–Crippen LogP) is 1.31. The molecule has 0 aromatic carbocycles. The lowest BCUT2D eigenvalue weighted by Crippen LogP contribution is -2.48. The van der Waals surface area contributed by atoms with Crippen LogP contribution in [0.2, 0.25) is 0 Å². The number of ether oxygens (including phenoxy) is 1. The molecule has 2 heterocycles. The summed E-state index contributed by atoms with van der Waals surface area (Å²) in [5.74, 6) is 1.42. The Balaban J connectivity index is 2.00. The van der Waals surface area contributed by atoms with Gasteiger partial charge in [-0.05, 0) is 12.8 Å². The van der Waals surface area contributed by atoms with E-state index in [1.807, 2.05) is 0 Å². The van der Waals surface area contributed by atoms with Gasteiger partial charge in [-0.1, -0.05) is 25.9 Å². The molecule has 1 aliphatic heterocycles. The van der Waals surface area contributed by atoms with Crippen LogP contribution in [0.15, 0.2) is 4.52 Å². The topological polar surface area (TPSA) is 77.4 Å². The first kappa shape index (κ1) is 15.4. The van der Waals surface area contributed by atoms with Crippen molar-refractivity contribution in [1.82, 2.24) is 15.0 Å². The molecule has 1 aliphatic rings. The molecule has 0 radical (unpaired) electrons. The molecule has 1 aromatic heterocycles. The van der Waals surface area contributed by atoms with E-state index >= 15 is 0 Å². The standard InChI is InChI=1S/C14H26N4O2/c1-14(2,3)13-16-12(20-17-13)9-18-6-5-11(19-4)7-10(18)8-15/h10-11H,5-9,15H2,1-4H3. The van der Waals surface area contributed by atoms with Crippen molar-refractivity contribution in [1.29, 1.82) is 0 Å². The smallest absolute Gasteiger partial charge is 0.240 e. The lowest BCUT2D eigenvalue weighted by Gasteiger charge is -2.37. The summed E-state index contributed by atoms with van der Waals surface area (Å²) in [5, 5.41) is 4.07. The Labute approximate surface area is 120 Å². The minimum atomic E-state index is -0.0853. The second-order valence-electron chi connectivity index (χ2n) is 6.50. The molecular formula is C14H26N4O2. The fraction of sp³-hybridized carbons (Fsp3) is 0.857. The molecular weight excluding hydrogens is 256 g/mol. The fourth-order valence-corrected chi connectivity index (χ4v) is 2.53. The third-order valence-corrected chi connectivity index (χ3v) is 3.87. The zero-order chi connectivity index (χ0) is 14.8. The summed E-state index contributed by atoms with van der Waals surface area (Å²) in [4.78, 5) is 6.81. The van der Waals surface area contributed by atoms with Crippen LogP contribution >= 0.6 is 0 Å². The number of methoxy groups -OCH3 is 1. The predicted molar refractivity (Wildman–Crippen MR) is 76.3 cm³/mol. The van der Waals surface area contributed by atoms with Gasteiger partial charge in [-0.15, -0.1) is 0 Å². The molecule has 0 bridgehead atoms. The maximum atomic E-state index is 5.87. The van der Waals surface area contributed by atoms with Crippen LogP contribution in [0.25, 0.3) is 0 Å². The molecule has 1 fully saturated rings. The van der Waals surface area contributed by atoms with Crippen LogP contribution < -0.4 is 5.73 Å². The van der Waals surface area contributed by atoms with Gasteiger partial charge in [0.15, 0.2) is 5.82 Å². The largest absolute Gasteiger partial charge is 0.381 e. The summed E-state index contributed by atoms with van der Waals surface area (Å²) in [6.07, 6.45) is 2.30. The van der Waals surface area contributed by atoms with Crippen molar-refractivity contribution in [2.45, 2.75) is 57.7 Å². The summed E-state index contributed by atoms with van der Waals surface area (Å²) in [6, 6.07) is 0.318. The molecule has 0 spiro atoms. The first-order valence-electron chi connectivity index (χ1n) is 7.24. The monoisotopic (exact) mass is 282 g/mol. The SMILES string of the molecule is COC1CCN(Cc2nc(C(C)(C)C)no2)C(CN)C1. The molecule has 2 unspecified atom stereocenters. The number of likely N-dealkylation sites (tertiary alicyclic amines) is 1. The van der Waals surface area contributed by atoms with E-state index in [1.165, 1.54) is 0 Å². The van der Waals surface area contributed by atoms with Gasteiger partial charge in [0, 0.05) is 31.7 Å². The van der Waals surface area contributed by atoms with Crippen LogP contribution in [-0.4, -0.2) is 47.4 Å². The Kier molecular flexibility index (Phi) is 4.78. The van der Waals surface area contributed by atoms with Crippen molar-refractivity contribution >= 4 is 0 Å². The third kappa shape index (κ3) is 3.56. The van der Waals surface area contributed by atoms with Crippen molar-refractivity contribution in [2.75, 3.05) is 20.2 Å². The molecule has 6 heteroatoms. The van der Waals surface area contributed by atoms with Crippen LogP contribution in [0.4, 0.5) is 0 Å². The van der Waals surface area contributed by atoms with Crippen LogP contribution in [0, 0.1) is 0 Å². The average molecular weight is 282 g/mol. The Morgan fingerprint density at radius 3 is 2.75 bits per heavy atom. The van der Waals surface area contributed by atoms with Crippen LogP contribution in [0.3, 0.4) is 0 Å². The molecule has 0 saturated carbocycles. The first-order chi connectivity index (χ1) is 9.44. The van der Waals surface area contributed by atoms with E-state index in [1.54, 1.807) is 7.11 Å². The van der Waals surface area contributed by atoms with Gasteiger partial charge in [0.1, 0.15) is 0 Å². The normalized spacial score (nSPS) is 25.1. The molecule has 2 rings (SSSR count). The van der Waals surface area contributed by atoms with Gasteiger partial charge < -0.3 is 15.0 Å². The maximum Gasteiger partial charge on any atom is 0.240 e. The highest BCUT2D eigenvalue weighted by molar-refractivity contribution is 5.00. The van der Waals surface area contributed by atoms with Gasteiger partial charge in [-0.25, -0.2) is 0 Å². The van der Waals surface area contributed by atoms with E-state index in [4.69, 9.17) is 15.0 Å². The van der Waals surface area contributed by atoms with Crippen molar-refractivity contribution in [3.8, 4) is 0 Å². The van der Waals surface area contributed by atoms with Gasteiger partial charge in [-0.2, -0.15) is 4.98 Å². The summed E-state index contributed by atoms with van der Waals surface area (Å²) >= 11 is 0. The molecule has 114 valence electrons. The number of hydrogen-bond acceptors (Lipinski definition) is 6. The Morgan fingerprint density at radius 2 is 2.20 bits per heavy atom. The van der Waals surface area contributed by atoms with Gasteiger partial charge in [0.05, 0.1) is 12.6 Å². The highest BCUT2D eigenvalue weighted by atomic mass is 16.5. The van der Waals surface area contributed by atoms with E-state index < -0.39 is 0 Å². The second-order valence-corrected chi connectivity index (χ2v) is 6.50. The van der Waals surface area contributed by atoms with E-state index in [0.717, 1.165) is 25.2 Å². The Bertz CT molecular complexity index is 427. The molecule has 0 amide bonds. The quantitative estimate of drug-likeness (QED) is 0.897. The number of nitrogens with two attached hydrogens (primary N) is 1. The Hall–Kier alpha value is -0.980. The highest BCUT2D eigenvalue weighted by Gasteiger charge is 2.29. The third-order valence-electron chi connectivity index (χ3n) is 3.87. The molecule has 2 N–H and O–H groups in total. The molecule has 20 heavy (non-hydrogen) atoms. The number of aromatic nitrogens is 2. The van der Waals surface area contributed by atoms with Gasteiger partial charge in [0.2, 0.25) is 5.89 Å². The zero-order valence-corrected chi connectivity index (χ0v) is 12.9.